The Kier molecular flexibility index (Phi) is 3.13. The van der Waals surface area contributed by atoms with Crippen molar-refractivity contribution in [3.8, 4) is 22.6 Å². The zero-order valence-electron chi connectivity index (χ0n) is 14.9. The second-order valence-electron chi connectivity index (χ2n) is 6.90. The van der Waals surface area contributed by atoms with Crippen LogP contribution in [-0.2, 0) is 0 Å². The van der Waals surface area contributed by atoms with E-state index in [0.29, 0.717) is 0 Å². The maximum Gasteiger partial charge on any atom is 0.135 e. The van der Waals surface area contributed by atoms with Gasteiger partial charge >= 0.3 is 0 Å². The summed E-state index contributed by atoms with van der Waals surface area (Å²) in [6.07, 6.45) is 11.2. The number of rotatable bonds is 3. The van der Waals surface area contributed by atoms with Gasteiger partial charge in [0.1, 0.15) is 11.2 Å². The van der Waals surface area contributed by atoms with E-state index in [0.717, 1.165) is 45.6 Å². The molecule has 0 fully saturated rings. The molecule has 0 saturated heterocycles. The first-order valence-electron chi connectivity index (χ1n) is 9.20. The van der Waals surface area contributed by atoms with Crippen LogP contribution in [0, 0.1) is 0 Å². The van der Waals surface area contributed by atoms with Crippen LogP contribution in [0.1, 0.15) is 12.0 Å². The summed E-state index contributed by atoms with van der Waals surface area (Å²) in [7, 11) is 0. The molecule has 1 aromatic carbocycles. The summed E-state index contributed by atoms with van der Waals surface area (Å²) in [4.78, 5) is 8.34. The smallest absolute Gasteiger partial charge is 0.135 e. The van der Waals surface area contributed by atoms with Gasteiger partial charge in [0.15, 0.2) is 0 Å². The third-order valence-corrected chi connectivity index (χ3v) is 5.20. The molecule has 0 aliphatic heterocycles. The molecule has 5 aromatic rings. The number of benzene rings is 1. The molecule has 0 spiro atoms. The van der Waals surface area contributed by atoms with E-state index in [9.17, 15) is 0 Å². The lowest BCUT2D eigenvalue weighted by molar-refractivity contribution is 1.09. The number of aromatic nitrogens is 6. The normalized spacial score (nSPS) is 13.6. The molecule has 1 aliphatic rings. The van der Waals surface area contributed by atoms with Crippen molar-refractivity contribution in [1.82, 2.24) is 30.4 Å². The molecule has 0 radical (unpaired) electrons. The van der Waals surface area contributed by atoms with Crippen LogP contribution in [0.5, 0.6) is 0 Å². The van der Waals surface area contributed by atoms with Gasteiger partial charge < -0.3 is 4.98 Å². The Morgan fingerprint density at radius 1 is 1.04 bits per heavy atom. The SMILES string of the molecule is C1=CC(c2cccc3[nH]c(-c4n[nH]c5ccc(-c6cn[nH]c6)nc45)cc23)=CC1. The molecule has 4 aromatic heterocycles. The lowest BCUT2D eigenvalue weighted by Crippen LogP contribution is -1.84. The minimum absolute atomic E-state index is 0.818. The molecule has 0 saturated carbocycles. The number of hydrogen-bond donors (Lipinski definition) is 3. The van der Waals surface area contributed by atoms with Crippen LogP contribution in [0.3, 0.4) is 0 Å². The Hall–Kier alpha value is -3.93. The number of aromatic amines is 3. The Balaban J connectivity index is 1.53. The van der Waals surface area contributed by atoms with Crippen LogP contribution in [0.2, 0.25) is 0 Å². The summed E-state index contributed by atoms with van der Waals surface area (Å²) in [6, 6.07) is 12.5. The molecular formula is C22H16N6. The van der Waals surface area contributed by atoms with Gasteiger partial charge in [-0.1, -0.05) is 30.4 Å². The van der Waals surface area contributed by atoms with Crippen molar-refractivity contribution in [3.63, 3.8) is 0 Å². The number of fused-ring (bicyclic) bond motifs is 2. The van der Waals surface area contributed by atoms with Gasteiger partial charge in [0.2, 0.25) is 0 Å². The van der Waals surface area contributed by atoms with Crippen molar-refractivity contribution in [2.24, 2.45) is 0 Å². The summed E-state index contributed by atoms with van der Waals surface area (Å²) in [5.41, 5.74) is 8.93. The Morgan fingerprint density at radius 2 is 2.04 bits per heavy atom. The monoisotopic (exact) mass is 364 g/mol. The zero-order valence-corrected chi connectivity index (χ0v) is 14.9. The molecule has 134 valence electrons. The van der Waals surface area contributed by atoms with E-state index < -0.39 is 0 Å². The standard InChI is InChI=1S/C22H16N6/c1-2-5-13(4-1)15-6-3-7-18-16(15)10-20(25-18)22-21-19(27-28-22)9-8-17(26-21)14-11-23-24-12-14/h1,3-12,25H,2H2,(H,23,24)(H,27,28). The molecule has 6 rings (SSSR count). The number of allylic oxidation sites excluding steroid dienone is 4. The van der Waals surface area contributed by atoms with Gasteiger partial charge in [-0.25, -0.2) is 4.98 Å². The van der Waals surface area contributed by atoms with E-state index >= 15 is 0 Å². The van der Waals surface area contributed by atoms with Gasteiger partial charge in [0.25, 0.3) is 0 Å². The minimum Gasteiger partial charge on any atom is -0.353 e. The van der Waals surface area contributed by atoms with Gasteiger partial charge in [0.05, 0.1) is 23.1 Å². The highest BCUT2D eigenvalue weighted by Gasteiger charge is 2.16. The quantitative estimate of drug-likeness (QED) is 0.428. The first-order chi connectivity index (χ1) is 13.9. The van der Waals surface area contributed by atoms with E-state index in [1.54, 1.807) is 6.20 Å². The van der Waals surface area contributed by atoms with Crippen molar-refractivity contribution in [2.45, 2.75) is 6.42 Å². The van der Waals surface area contributed by atoms with E-state index in [4.69, 9.17) is 4.98 Å². The topological polar surface area (TPSA) is 86.0 Å². The van der Waals surface area contributed by atoms with E-state index in [1.165, 1.54) is 16.5 Å². The van der Waals surface area contributed by atoms with Crippen molar-refractivity contribution < 1.29 is 0 Å². The zero-order chi connectivity index (χ0) is 18.5. The van der Waals surface area contributed by atoms with E-state index in [2.05, 4.69) is 67.9 Å². The van der Waals surface area contributed by atoms with E-state index in [-0.39, 0.29) is 0 Å². The van der Waals surface area contributed by atoms with Gasteiger partial charge in [-0.05, 0) is 41.8 Å². The molecule has 28 heavy (non-hydrogen) atoms. The first-order valence-corrected chi connectivity index (χ1v) is 9.20. The number of pyridine rings is 1. The molecule has 0 amide bonds. The number of nitrogens with zero attached hydrogens (tertiary/aromatic N) is 3. The summed E-state index contributed by atoms with van der Waals surface area (Å²) >= 11 is 0. The average Bonchev–Trinajstić information content (AvgIpc) is 3.53. The highest BCUT2D eigenvalue weighted by atomic mass is 15.1. The lowest BCUT2D eigenvalue weighted by Gasteiger charge is -2.01. The predicted octanol–water partition coefficient (Wildman–Crippen LogP) is 4.84. The van der Waals surface area contributed by atoms with Crippen molar-refractivity contribution in [1.29, 1.82) is 0 Å². The van der Waals surface area contributed by atoms with E-state index in [1.807, 2.05) is 18.3 Å². The van der Waals surface area contributed by atoms with Gasteiger partial charge in [-0.3, -0.25) is 10.2 Å². The molecule has 0 atom stereocenters. The summed E-state index contributed by atoms with van der Waals surface area (Å²) in [5.74, 6) is 0. The highest BCUT2D eigenvalue weighted by Crippen LogP contribution is 2.33. The Labute approximate surface area is 160 Å². The van der Waals surface area contributed by atoms with Crippen LogP contribution < -0.4 is 0 Å². The minimum atomic E-state index is 0.818. The summed E-state index contributed by atoms with van der Waals surface area (Å²) in [5, 5.41) is 15.7. The summed E-state index contributed by atoms with van der Waals surface area (Å²) < 4.78 is 0. The lowest BCUT2D eigenvalue weighted by atomic mass is 10.0. The first kappa shape index (κ1) is 15.2. The highest BCUT2D eigenvalue weighted by molar-refractivity contribution is 6.00. The molecule has 6 nitrogen and oxygen atoms in total. The second-order valence-corrected chi connectivity index (χ2v) is 6.90. The molecule has 1 aliphatic carbocycles. The second kappa shape index (κ2) is 5.79. The molecular weight excluding hydrogens is 348 g/mol. The average molecular weight is 364 g/mol. The Bertz CT molecular complexity index is 1380. The fourth-order valence-electron chi connectivity index (χ4n) is 3.83. The van der Waals surface area contributed by atoms with Crippen molar-refractivity contribution in [3.05, 3.63) is 72.6 Å². The van der Waals surface area contributed by atoms with Crippen LogP contribution >= 0.6 is 0 Å². The molecule has 6 heteroatoms. The summed E-state index contributed by atoms with van der Waals surface area (Å²) in [6.45, 7) is 0. The fraction of sp³-hybridized carbons (Fsp3) is 0.0455. The van der Waals surface area contributed by atoms with Crippen molar-refractivity contribution >= 4 is 27.5 Å². The largest absolute Gasteiger partial charge is 0.353 e. The van der Waals surface area contributed by atoms with Gasteiger partial charge in [-0.15, -0.1) is 0 Å². The third kappa shape index (κ3) is 2.24. The van der Waals surface area contributed by atoms with Crippen LogP contribution in [0.25, 0.3) is 50.2 Å². The maximum atomic E-state index is 4.83. The molecule has 3 N–H and O–H groups in total. The number of H-pyrrole nitrogens is 3. The van der Waals surface area contributed by atoms with Crippen LogP contribution in [0.15, 0.2) is 67.0 Å². The van der Waals surface area contributed by atoms with Gasteiger partial charge in [0, 0.05) is 22.7 Å². The molecule has 4 heterocycles. The van der Waals surface area contributed by atoms with Crippen LogP contribution in [0.4, 0.5) is 0 Å². The van der Waals surface area contributed by atoms with Gasteiger partial charge in [-0.2, -0.15) is 10.2 Å². The number of nitrogens with one attached hydrogen (secondary N) is 3. The predicted molar refractivity (Wildman–Crippen MR) is 110 cm³/mol. The Morgan fingerprint density at radius 3 is 2.89 bits per heavy atom. The fourth-order valence-corrected chi connectivity index (χ4v) is 3.83. The molecule has 0 unspecified atom stereocenters. The third-order valence-electron chi connectivity index (χ3n) is 5.20. The van der Waals surface area contributed by atoms with Crippen LogP contribution in [-0.4, -0.2) is 30.4 Å². The number of hydrogen-bond acceptors (Lipinski definition) is 3. The maximum absolute atomic E-state index is 4.83. The molecule has 0 bridgehead atoms. The van der Waals surface area contributed by atoms with Crippen molar-refractivity contribution in [2.75, 3.05) is 0 Å².